The van der Waals surface area contributed by atoms with Crippen molar-refractivity contribution in [2.45, 2.75) is 50.5 Å². The van der Waals surface area contributed by atoms with Gasteiger partial charge in [0.1, 0.15) is 12.0 Å². The maximum Gasteiger partial charge on any atom is 0.276 e. The number of likely N-dealkylation sites (tertiary alicyclic amines) is 1. The second-order valence-electron chi connectivity index (χ2n) is 7.83. The number of amides is 2. The average molecular weight is 381 g/mol. The molecule has 0 aliphatic carbocycles. The molecule has 3 saturated heterocycles. The number of ether oxygens (including phenoxy) is 1. The van der Waals surface area contributed by atoms with Gasteiger partial charge in [-0.15, -0.1) is 0 Å². The first-order chi connectivity index (χ1) is 13.6. The summed E-state index contributed by atoms with van der Waals surface area (Å²) in [4.78, 5) is 33.7. The third-order valence-electron chi connectivity index (χ3n) is 6.31. The fourth-order valence-electron chi connectivity index (χ4n) is 4.78. The summed E-state index contributed by atoms with van der Waals surface area (Å²) in [6, 6.07) is 10.2. The number of aryl methyl sites for hydroxylation is 1. The van der Waals surface area contributed by atoms with Gasteiger partial charge in [-0.1, -0.05) is 30.3 Å². The fraction of sp³-hybridized carbons (Fsp3) is 0.476. The standard InChI is InChI=1S/C21H23N3O4/c1-14-18(22-13-27-14)19(25)23-11-9-21(10-12-23)20(26)24-16(7-8-17(24)28-21)15-5-3-2-4-6-15/h2-6,13,16-17H,7-12H2,1H3/t16-,17+/m0/s1. The lowest BCUT2D eigenvalue weighted by Gasteiger charge is -2.37. The molecule has 7 heteroatoms. The van der Waals surface area contributed by atoms with Gasteiger partial charge in [0, 0.05) is 25.9 Å². The third-order valence-corrected chi connectivity index (χ3v) is 6.31. The van der Waals surface area contributed by atoms with Crippen molar-refractivity contribution in [3.8, 4) is 0 Å². The van der Waals surface area contributed by atoms with Crippen molar-refractivity contribution in [2.75, 3.05) is 13.1 Å². The Kier molecular flexibility index (Phi) is 4.01. The number of nitrogens with zero attached hydrogens (tertiary/aromatic N) is 3. The minimum absolute atomic E-state index is 0.0774. The van der Waals surface area contributed by atoms with Gasteiger partial charge in [0.15, 0.2) is 17.7 Å². The number of benzene rings is 1. The third kappa shape index (κ3) is 2.57. The second kappa shape index (κ2) is 6.44. The van der Waals surface area contributed by atoms with E-state index in [1.54, 1.807) is 11.8 Å². The first kappa shape index (κ1) is 17.4. The lowest BCUT2D eigenvalue weighted by Crippen LogP contribution is -2.51. The van der Waals surface area contributed by atoms with Crippen LogP contribution in [0.5, 0.6) is 0 Å². The molecule has 7 nitrogen and oxygen atoms in total. The first-order valence-corrected chi connectivity index (χ1v) is 9.84. The van der Waals surface area contributed by atoms with Crippen LogP contribution in [0.15, 0.2) is 41.1 Å². The maximum atomic E-state index is 13.4. The van der Waals surface area contributed by atoms with Crippen molar-refractivity contribution in [1.82, 2.24) is 14.8 Å². The molecular formula is C21H23N3O4. The Bertz CT molecular complexity index is 901. The van der Waals surface area contributed by atoms with Crippen molar-refractivity contribution < 1.29 is 18.7 Å². The lowest BCUT2D eigenvalue weighted by atomic mass is 9.89. The molecule has 3 aliphatic rings. The molecule has 5 rings (SSSR count). The van der Waals surface area contributed by atoms with Crippen LogP contribution < -0.4 is 0 Å². The molecule has 0 bridgehead atoms. The summed E-state index contributed by atoms with van der Waals surface area (Å²) in [6.45, 7) is 2.69. The van der Waals surface area contributed by atoms with Crippen LogP contribution in [0.2, 0.25) is 0 Å². The van der Waals surface area contributed by atoms with E-state index in [-0.39, 0.29) is 24.1 Å². The van der Waals surface area contributed by atoms with Crippen molar-refractivity contribution in [3.05, 3.63) is 53.7 Å². The zero-order valence-corrected chi connectivity index (χ0v) is 15.8. The highest BCUT2D eigenvalue weighted by Gasteiger charge is 2.58. The fourth-order valence-corrected chi connectivity index (χ4v) is 4.78. The SMILES string of the molecule is Cc1ocnc1C(=O)N1CCC2(CC1)O[C@@H]1CC[C@@H](c3ccccc3)N1C2=O. The molecule has 1 aromatic carbocycles. The van der Waals surface area contributed by atoms with Crippen LogP contribution in [-0.4, -0.2) is 51.5 Å². The van der Waals surface area contributed by atoms with Gasteiger partial charge in [0.05, 0.1) is 6.04 Å². The van der Waals surface area contributed by atoms with Gasteiger partial charge in [-0.3, -0.25) is 9.59 Å². The molecule has 0 unspecified atom stereocenters. The summed E-state index contributed by atoms with van der Waals surface area (Å²) < 4.78 is 11.5. The summed E-state index contributed by atoms with van der Waals surface area (Å²) in [7, 11) is 0. The Morgan fingerprint density at radius 1 is 1.18 bits per heavy atom. The number of hydrogen-bond acceptors (Lipinski definition) is 5. The number of carbonyl (C=O) groups is 2. The monoisotopic (exact) mass is 381 g/mol. The highest BCUT2D eigenvalue weighted by atomic mass is 16.6. The minimum atomic E-state index is -0.798. The normalized spacial score (nSPS) is 26.1. The Morgan fingerprint density at radius 2 is 1.93 bits per heavy atom. The zero-order chi connectivity index (χ0) is 19.3. The molecule has 4 heterocycles. The first-order valence-electron chi connectivity index (χ1n) is 9.84. The van der Waals surface area contributed by atoms with Crippen LogP contribution in [0.25, 0.3) is 0 Å². The van der Waals surface area contributed by atoms with Gasteiger partial charge in [-0.2, -0.15) is 0 Å². The average Bonchev–Trinajstić information content (AvgIpc) is 3.40. The van der Waals surface area contributed by atoms with Crippen LogP contribution in [0.1, 0.15) is 53.5 Å². The van der Waals surface area contributed by atoms with Crippen LogP contribution in [0, 0.1) is 6.92 Å². The van der Waals surface area contributed by atoms with Crippen molar-refractivity contribution in [1.29, 1.82) is 0 Å². The van der Waals surface area contributed by atoms with Crippen LogP contribution in [0.4, 0.5) is 0 Å². The molecule has 1 spiro atoms. The van der Waals surface area contributed by atoms with Crippen LogP contribution in [0.3, 0.4) is 0 Å². The number of oxazole rings is 1. The molecule has 1 aromatic heterocycles. The molecule has 0 N–H and O–H groups in total. The van der Waals surface area contributed by atoms with E-state index in [2.05, 4.69) is 17.1 Å². The lowest BCUT2D eigenvalue weighted by molar-refractivity contribution is -0.142. The van der Waals surface area contributed by atoms with Crippen molar-refractivity contribution in [2.24, 2.45) is 0 Å². The predicted molar refractivity (Wildman–Crippen MR) is 99.2 cm³/mol. The van der Waals surface area contributed by atoms with E-state index in [4.69, 9.17) is 9.15 Å². The topological polar surface area (TPSA) is 75.9 Å². The highest BCUT2D eigenvalue weighted by molar-refractivity contribution is 5.94. The maximum absolute atomic E-state index is 13.4. The molecule has 146 valence electrons. The number of rotatable bonds is 2. The molecule has 0 radical (unpaired) electrons. The molecular weight excluding hydrogens is 358 g/mol. The van der Waals surface area contributed by atoms with E-state index in [1.807, 2.05) is 23.1 Å². The van der Waals surface area contributed by atoms with E-state index in [1.165, 1.54) is 6.39 Å². The Morgan fingerprint density at radius 3 is 2.61 bits per heavy atom. The second-order valence-corrected chi connectivity index (χ2v) is 7.83. The van der Waals surface area contributed by atoms with Crippen molar-refractivity contribution in [3.63, 3.8) is 0 Å². The van der Waals surface area contributed by atoms with Crippen LogP contribution in [-0.2, 0) is 9.53 Å². The van der Waals surface area contributed by atoms with Gasteiger partial charge in [-0.25, -0.2) is 4.98 Å². The summed E-state index contributed by atoms with van der Waals surface area (Å²) in [5.41, 5.74) is 0.709. The Labute approximate surface area is 163 Å². The van der Waals surface area contributed by atoms with E-state index < -0.39 is 5.60 Å². The molecule has 3 fully saturated rings. The van der Waals surface area contributed by atoms with E-state index in [9.17, 15) is 9.59 Å². The Balaban J connectivity index is 1.31. The highest BCUT2D eigenvalue weighted by Crippen LogP contribution is 2.47. The van der Waals surface area contributed by atoms with Gasteiger partial charge >= 0.3 is 0 Å². The number of fused-ring (bicyclic) bond motifs is 1. The zero-order valence-electron chi connectivity index (χ0n) is 15.8. The van der Waals surface area contributed by atoms with Crippen molar-refractivity contribution >= 4 is 11.8 Å². The quantitative estimate of drug-likeness (QED) is 0.799. The molecule has 0 saturated carbocycles. The molecule has 2 atom stereocenters. The minimum Gasteiger partial charge on any atom is -0.448 e. The van der Waals surface area contributed by atoms with E-state index in [0.29, 0.717) is 37.4 Å². The summed E-state index contributed by atoms with van der Waals surface area (Å²) in [6.07, 6.45) is 3.94. The molecule has 2 amide bonds. The molecule has 3 aliphatic heterocycles. The van der Waals surface area contributed by atoms with Gasteiger partial charge < -0.3 is 19.0 Å². The van der Waals surface area contributed by atoms with Gasteiger partial charge in [0.25, 0.3) is 11.8 Å². The largest absolute Gasteiger partial charge is 0.448 e. The van der Waals surface area contributed by atoms with Crippen LogP contribution >= 0.6 is 0 Å². The van der Waals surface area contributed by atoms with E-state index in [0.717, 1.165) is 18.4 Å². The van der Waals surface area contributed by atoms with E-state index >= 15 is 0 Å². The summed E-state index contributed by atoms with van der Waals surface area (Å²) in [5, 5.41) is 0. The number of piperidine rings is 1. The number of hydrogen-bond donors (Lipinski definition) is 0. The summed E-state index contributed by atoms with van der Waals surface area (Å²) in [5.74, 6) is 0.451. The smallest absolute Gasteiger partial charge is 0.276 e. The number of aromatic nitrogens is 1. The summed E-state index contributed by atoms with van der Waals surface area (Å²) >= 11 is 0. The van der Waals surface area contributed by atoms with Gasteiger partial charge in [0.2, 0.25) is 0 Å². The van der Waals surface area contributed by atoms with Gasteiger partial charge in [-0.05, 0) is 25.3 Å². The number of carbonyl (C=O) groups excluding carboxylic acids is 2. The Hall–Kier alpha value is -2.67. The molecule has 2 aromatic rings. The predicted octanol–water partition coefficient (Wildman–Crippen LogP) is 2.68. The molecule has 28 heavy (non-hydrogen) atoms.